The molecule has 1 aliphatic heterocycles. The van der Waals surface area contributed by atoms with Crippen molar-refractivity contribution in [1.82, 2.24) is 10.3 Å². The van der Waals surface area contributed by atoms with Crippen molar-refractivity contribution in [2.45, 2.75) is 39.5 Å². The Balaban J connectivity index is 1.73. The van der Waals surface area contributed by atoms with Crippen LogP contribution >= 0.6 is 0 Å². The van der Waals surface area contributed by atoms with Gasteiger partial charge in [0, 0.05) is 31.7 Å². The zero-order valence-electron chi connectivity index (χ0n) is 13.2. The maximum atomic E-state index is 12.0. The third-order valence-electron chi connectivity index (χ3n) is 4.51. The predicted octanol–water partition coefficient (Wildman–Crippen LogP) is 2.85. The maximum absolute atomic E-state index is 12.0. The number of rotatable bonds is 6. The van der Waals surface area contributed by atoms with Crippen LogP contribution in [0.1, 0.15) is 39.5 Å². The number of pyridine rings is 1. The van der Waals surface area contributed by atoms with Crippen molar-refractivity contribution in [3.8, 4) is 0 Å². The highest BCUT2D eigenvalue weighted by Gasteiger charge is 2.21. The van der Waals surface area contributed by atoms with Gasteiger partial charge in [-0.25, -0.2) is 4.98 Å². The first kappa shape index (κ1) is 15.8. The van der Waals surface area contributed by atoms with E-state index in [1.54, 1.807) is 0 Å². The van der Waals surface area contributed by atoms with Crippen molar-refractivity contribution in [2.24, 2.45) is 11.8 Å². The van der Waals surface area contributed by atoms with Crippen LogP contribution in [0.4, 0.5) is 5.82 Å². The van der Waals surface area contributed by atoms with E-state index in [4.69, 9.17) is 0 Å². The average molecular weight is 289 g/mol. The van der Waals surface area contributed by atoms with Gasteiger partial charge in [0.05, 0.1) is 0 Å². The number of piperidine rings is 1. The number of nitrogens with one attached hydrogen (secondary N) is 1. The van der Waals surface area contributed by atoms with Crippen molar-refractivity contribution in [2.75, 3.05) is 24.5 Å². The lowest BCUT2D eigenvalue weighted by Gasteiger charge is -2.33. The molecular formula is C17H27N3O. The Morgan fingerprint density at radius 3 is 2.62 bits per heavy atom. The van der Waals surface area contributed by atoms with Gasteiger partial charge in [-0.15, -0.1) is 0 Å². The molecule has 1 fully saturated rings. The van der Waals surface area contributed by atoms with Gasteiger partial charge in [-0.05, 0) is 43.7 Å². The summed E-state index contributed by atoms with van der Waals surface area (Å²) in [4.78, 5) is 18.7. The normalized spacial score (nSPS) is 16.2. The second-order valence-corrected chi connectivity index (χ2v) is 5.88. The van der Waals surface area contributed by atoms with Gasteiger partial charge >= 0.3 is 0 Å². The zero-order chi connectivity index (χ0) is 15.1. The zero-order valence-corrected chi connectivity index (χ0v) is 13.2. The fourth-order valence-electron chi connectivity index (χ4n) is 2.96. The van der Waals surface area contributed by atoms with E-state index in [0.29, 0.717) is 5.92 Å². The van der Waals surface area contributed by atoms with E-state index in [9.17, 15) is 4.79 Å². The molecule has 1 amide bonds. The van der Waals surface area contributed by atoms with Crippen molar-refractivity contribution < 1.29 is 4.79 Å². The van der Waals surface area contributed by atoms with Crippen LogP contribution in [-0.2, 0) is 4.79 Å². The van der Waals surface area contributed by atoms with Crippen LogP contribution in [0.25, 0.3) is 0 Å². The standard InChI is InChI=1S/C17H27N3O/c1-3-15(4-2)17(21)19-13-14-8-11-20(12-9-14)16-7-5-6-10-18-16/h5-7,10,14-15H,3-4,8-9,11-13H2,1-2H3,(H,19,21). The summed E-state index contributed by atoms with van der Waals surface area (Å²) in [6.45, 7) is 7.05. The highest BCUT2D eigenvalue weighted by molar-refractivity contribution is 5.78. The molecule has 116 valence electrons. The number of amides is 1. The molecule has 1 N–H and O–H groups in total. The molecule has 0 saturated carbocycles. The molecule has 2 rings (SSSR count). The van der Waals surface area contributed by atoms with Crippen LogP contribution in [0, 0.1) is 11.8 Å². The lowest BCUT2D eigenvalue weighted by atomic mass is 9.96. The SMILES string of the molecule is CCC(CC)C(=O)NCC1CCN(c2ccccn2)CC1. The molecule has 0 unspecified atom stereocenters. The Morgan fingerprint density at radius 2 is 2.05 bits per heavy atom. The molecule has 4 heteroatoms. The lowest BCUT2D eigenvalue weighted by molar-refractivity contribution is -0.125. The second kappa shape index (κ2) is 8.01. The molecule has 1 aliphatic rings. The lowest BCUT2D eigenvalue weighted by Crippen LogP contribution is -2.40. The average Bonchev–Trinajstić information content (AvgIpc) is 2.55. The minimum absolute atomic E-state index is 0.179. The number of aromatic nitrogens is 1. The molecule has 4 nitrogen and oxygen atoms in total. The fraction of sp³-hybridized carbons (Fsp3) is 0.647. The first-order valence-electron chi connectivity index (χ1n) is 8.18. The molecule has 2 heterocycles. The first-order valence-corrected chi connectivity index (χ1v) is 8.18. The quantitative estimate of drug-likeness (QED) is 0.876. The van der Waals surface area contributed by atoms with Crippen LogP contribution in [0.3, 0.4) is 0 Å². The van der Waals surface area contributed by atoms with Gasteiger partial charge in [-0.2, -0.15) is 0 Å². The van der Waals surface area contributed by atoms with Crippen LogP contribution in [0.5, 0.6) is 0 Å². The van der Waals surface area contributed by atoms with E-state index in [1.165, 1.54) is 0 Å². The van der Waals surface area contributed by atoms with Gasteiger partial charge in [0.1, 0.15) is 5.82 Å². The maximum Gasteiger partial charge on any atom is 0.223 e. The van der Waals surface area contributed by atoms with Crippen molar-refractivity contribution >= 4 is 11.7 Å². The molecule has 1 saturated heterocycles. The van der Waals surface area contributed by atoms with E-state index in [2.05, 4.69) is 35.1 Å². The molecule has 0 bridgehead atoms. The number of nitrogens with zero attached hydrogens (tertiary/aromatic N) is 2. The van der Waals surface area contributed by atoms with Gasteiger partial charge in [0.25, 0.3) is 0 Å². The molecule has 0 atom stereocenters. The number of hydrogen-bond donors (Lipinski definition) is 1. The number of carbonyl (C=O) groups excluding carboxylic acids is 1. The van der Waals surface area contributed by atoms with E-state index in [1.807, 2.05) is 18.3 Å². The van der Waals surface area contributed by atoms with Gasteiger partial charge in [-0.3, -0.25) is 4.79 Å². The smallest absolute Gasteiger partial charge is 0.223 e. The monoisotopic (exact) mass is 289 g/mol. The predicted molar refractivity (Wildman–Crippen MR) is 86.3 cm³/mol. The van der Waals surface area contributed by atoms with Gasteiger partial charge in [-0.1, -0.05) is 19.9 Å². The molecule has 1 aromatic rings. The van der Waals surface area contributed by atoms with Gasteiger partial charge < -0.3 is 10.2 Å². The summed E-state index contributed by atoms with van der Waals surface area (Å²) in [6, 6.07) is 6.04. The van der Waals surface area contributed by atoms with Crippen molar-refractivity contribution in [3.63, 3.8) is 0 Å². The summed E-state index contributed by atoms with van der Waals surface area (Å²) in [5.74, 6) is 2.08. The summed E-state index contributed by atoms with van der Waals surface area (Å²) in [5, 5.41) is 3.14. The third-order valence-corrected chi connectivity index (χ3v) is 4.51. The Bertz CT molecular complexity index is 423. The molecule has 0 spiro atoms. The van der Waals surface area contributed by atoms with Crippen LogP contribution in [0.15, 0.2) is 24.4 Å². The Morgan fingerprint density at radius 1 is 1.33 bits per heavy atom. The molecule has 0 aliphatic carbocycles. The van der Waals surface area contributed by atoms with Crippen LogP contribution in [0.2, 0.25) is 0 Å². The molecule has 21 heavy (non-hydrogen) atoms. The van der Waals surface area contributed by atoms with E-state index in [-0.39, 0.29) is 11.8 Å². The van der Waals surface area contributed by atoms with E-state index in [0.717, 1.165) is 51.1 Å². The van der Waals surface area contributed by atoms with Crippen LogP contribution in [-0.4, -0.2) is 30.5 Å². The molecule has 0 radical (unpaired) electrons. The second-order valence-electron chi connectivity index (χ2n) is 5.88. The summed E-state index contributed by atoms with van der Waals surface area (Å²) in [7, 11) is 0. The minimum Gasteiger partial charge on any atom is -0.357 e. The third kappa shape index (κ3) is 4.45. The first-order chi connectivity index (χ1) is 10.2. The summed E-state index contributed by atoms with van der Waals surface area (Å²) in [6.07, 6.45) is 5.96. The van der Waals surface area contributed by atoms with E-state index >= 15 is 0 Å². The number of carbonyl (C=O) groups is 1. The van der Waals surface area contributed by atoms with Crippen molar-refractivity contribution in [1.29, 1.82) is 0 Å². The Labute approximate surface area is 127 Å². The van der Waals surface area contributed by atoms with Crippen LogP contribution < -0.4 is 10.2 Å². The summed E-state index contributed by atoms with van der Waals surface area (Å²) in [5.41, 5.74) is 0. The topological polar surface area (TPSA) is 45.2 Å². The minimum atomic E-state index is 0.179. The fourth-order valence-corrected chi connectivity index (χ4v) is 2.96. The Hall–Kier alpha value is -1.58. The number of anilines is 1. The largest absolute Gasteiger partial charge is 0.357 e. The highest BCUT2D eigenvalue weighted by atomic mass is 16.1. The molecule has 0 aromatic carbocycles. The summed E-state index contributed by atoms with van der Waals surface area (Å²) >= 11 is 0. The van der Waals surface area contributed by atoms with E-state index < -0.39 is 0 Å². The summed E-state index contributed by atoms with van der Waals surface area (Å²) < 4.78 is 0. The highest BCUT2D eigenvalue weighted by Crippen LogP contribution is 2.21. The Kier molecular flexibility index (Phi) is 6.03. The molecular weight excluding hydrogens is 262 g/mol. The number of hydrogen-bond acceptors (Lipinski definition) is 3. The van der Waals surface area contributed by atoms with Gasteiger partial charge in [0.15, 0.2) is 0 Å². The van der Waals surface area contributed by atoms with Gasteiger partial charge in [0.2, 0.25) is 5.91 Å². The van der Waals surface area contributed by atoms with Crippen molar-refractivity contribution in [3.05, 3.63) is 24.4 Å². The molecule has 1 aromatic heterocycles.